The van der Waals surface area contributed by atoms with Gasteiger partial charge >= 0.3 is 0 Å². The Hall–Kier alpha value is -3.41. The molecule has 4 rings (SSSR count). The van der Waals surface area contributed by atoms with Gasteiger partial charge in [0.15, 0.2) is 0 Å². The first-order chi connectivity index (χ1) is 16.0. The van der Waals surface area contributed by atoms with E-state index in [2.05, 4.69) is 4.98 Å². The van der Waals surface area contributed by atoms with Crippen molar-refractivity contribution < 1.29 is 13.9 Å². The third kappa shape index (κ3) is 6.31. The molecule has 0 saturated heterocycles. The molecule has 0 bridgehead atoms. The topological polar surface area (TPSA) is 42.4 Å². The van der Waals surface area contributed by atoms with E-state index in [1.54, 1.807) is 71.9 Å². The summed E-state index contributed by atoms with van der Waals surface area (Å²) in [6, 6.07) is 21.5. The second-order valence-corrected chi connectivity index (χ2v) is 8.25. The van der Waals surface area contributed by atoms with Crippen LogP contribution in [0.1, 0.15) is 21.5 Å². The van der Waals surface area contributed by atoms with Gasteiger partial charge in [0, 0.05) is 41.1 Å². The number of rotatable bonds is 7. The van der Waals surface area contributed by atoms with E-state index >= 15 is 0 Å². The lowest BCUT2D eigenvalue weighted by atomic mass is 10.1. The van der Waals surface area contributed by atoms with Crippen molar-refractivity contribution in [3.8, 4) is 11.5 Å². The molecule has 0 fully saturated rings. The zero-order valence-electron chi connectivity index (χ0n) is 17.4. The number of amides is 1. The molecule has 0 spiro atoms. The molecule has 7 heteroatoms. The summed E-state index contributed by atoms with van der Waals surface area (Å²) in [5, 5.41) is 1.02. The number of pyridine rings is 1. The quantitative estimate of drug-likeness (QED) is 0.281. The van der Waals surface area contributed by atoms with Crippen LogP contribution in [-0.2, 0) is 13.1 Å². The number of hydrogen-bond acceptors (Lipinski definition) is 3. The molecule has 4 aromatic rings. The van der Waals surface area contributed by atoms with E-state index in [1.165, 1.54) is 12.1 Å². The van der Waals surface area contributed by atoms with Crippen molar-refractivity contribution in [3.63, 3.8) is 0 Å². The van der Waals surface area contributed by atoms with E-state index in [0.29, 0.717) is 40.2 Å². The molecule has 0 radical (unpaired) electrons. The summed E-state index contributed by atoms with van der Waals surface area (Å²) in [5.41, 5.74) is 2.22. The summed E-state index contributed by atoms with van der Waals surface area (Å²) in [4.78, 5) is 19.2. The Morgan fingerprint density at radius 2 is 1.45 bits per heavy atom. The zero-order chi connectivity index (χ0) is 23.2. The molecule has 3 aromatic carbocycles. The maximum atomic E-state index is 13.4. The van der Waals surface area contributed by atoms with E-state index in [0.717, 1.165) is 11.1 Å². The van der Waals surface area contributed by atoms with Gasteiger partial charge in [-0.2, -0.15) is 0 Å². The van der Waals surface area contributed by atoms with Crippen LogP contribution in [-0.4, -0.2) is 15.8 Å². The van der Waals surface area contributed by atoms with Gasteiger partial charge in [0.1, 0.15) is 17.3 Å². The fourth-order valence-electron chi connectivity index (χ4n) is 3.32. The van der Waals surface area contributed by atoms with Crippen molar-refractivity contribution in [1.82, 2.24) is 9.88 Å². The molecule has 0 unspecified atom stereocenters. The predicted molar refractivity (Wildman–Crippen MR) is 127 cm³/mol. The van der Waals surface area contributed by atoms with Crippen molar-refractivity contribution in [2.45, 2.75) is 13.1 Å². The van der Waals surface area contributed by atoms with Gasteiger partial charge in [0.05, 0.1) is 0 Å². The number of benzene rings is 3. The summed E-state index contributed by atoms with van der Waals surface area (Å²) in [5.74, 6) is 0.548. The molecular formula is C26H19Cl2FN2O2. The lowest BCUT2D eigenvalue weighted by Crippen LogP contribution is -2.30. The summed E-state index contributed by atoms with van der Waals surface area (Å²) in [6.07, 6.45) is 3.41. The van der Waals surface area contributed by atoms with Crippen LogP contribution in [0, 0.1) is 5.82 Å². The summed E-state index contributed by atoms with van der Waals surface area (Å²) >= 11 is 12.3. The highest BCUT2D eigenvalue weighted by atomic mass is 35.5. The molecule has 1 heterocycles. The fraction of sp³-hybridized carbons (Fsp3) is 0.0769. The van der Waals surface area contributed by atoms with Gasteiger partial charge in [-0.05, 0) is 83.9 Å². The molecule has 33 heavy (non-hydrogen) atoms. The summed E-state index contributed by atoms with van der Waals surface area (Å²) in [7, 11) is 0. The first-order valence-corrected chi connectivity index (χ1v) is 10.9. The van der Waals surface area contributed by atoms with Crippen molar-refractivity contribution in [1.29, 1.82) is 0 Å². The number of aromatic nitrogens is 1. The molecule has 0 aliphatic heterocycles. The standard InChI is InChI=1S/C26H19Cl2FN2O2/c27-21-12-19(13-22(28)14-21)17-31(16-18-2-1-11-30-15-18)26(32)20-3-7-24(8-4-20)33-25-9-5-23(29)6-10-25/h1-15H,16-17H2. The van der Waals surface area contributed by atoms with Crippen LogP contribution in [0.25, 0.3) is 0 Å². The first-order valence-electron chi connectivity index (χ1n) is 10.1. The van der Waals surface area contributed by atoms with E-state index in [1.807, 2.05) is 12.1 Å². The van der Waals surface area contributed by atoms with Crippen LogP contribution < -0.4 is 4.74 Å². The Kier molecular flexibility index (Phi) is 7.23. The average Bonchev–Trinajstić information content (AvgIpc) is 2.80. The number of halogens is 3. The largest absolute Gasteiger partial charge is 0.457 e. The molecule has 0 saturated carbocycles. The van der Waals surface area contributed by atoms with Crippen molar-refractivity contribution in [2.75, 3.05) is 0 Å². The smallest absolute Gasteiger partial charge is 0.254 e. The molecule has 166 valence electrons. The third-order valence-corrected chi connectivity index (χ3v) is 5.27. The van der Waals surface area contributed by atoms with Gasteiger partial charge in [-0.1, -0.05) is 29.3 Å². The Morgan fingerprint density at radius 1 is 0.848 bits per heavy atom. The van der Waals surface area contributed by atoms with Crippen LogP contribution in [0.4, 0.5) is 4.39 Å². The average molecular weight is 481 g/mol. The van der Waals surface area contributed by atoms with Crippen molar-refractivity contribution in [3.05, 3.63) is 124 Å². The fourth-order valence-corrected chi connectivity index (χ4v) is 3.89. The van der Waals surface area contributed by atoms with Gasteiger partial charge in [-0.25, -0.2) is 4.39 Å². The molecule has 1 aromatic heterocycles. The van der Waals surface area contributed by atoms with Gasteiger partial charge < -0.3 is 9.64 Å². The van der Waals surface area contributed by atoms with E-state index < -0.39 is 0 Å². The van der Waals surface area contributed by atoms with E-state index in [-0.39, 0.29) is 11.7 Å². The Labute approximate surface area is 201 Å². The van der Waals surface area contributed by atoms with E-state index in [9.17, 15) is 9.18 Å². The molecule has 0 N–H and O–H groups in total. The van der Waals surface area contributed by atoms with Crippen LogP contribution in [0.15, 0.2) is 91.3 Å². The van der Waals surface area contributed by atoms with Crippen molar-refractivity contribution in [2.24, 2.45) is 0 Å². The minimum atomic E-state index is -0.335. The molecule has 1 amide bonds. The third-order valence-electron chi connectivity index (χ3n) is 4.83. The minimum Gasteiger partial charge on any atom is -0.457 e. The highest BCUT2D eigenvalue weighted by Crippen LogP contribution is 2.24. The molecule has 0 aliphatic carbocycles. The number of carbonyl (C=O) groups excluding carboxylic acids is 1. The number of nitrogens with zero attached hydrogens (tertiary/aromatic N) is 2. The van der Waals surface area contributed by atoms with Crippen LogP contribution in [0.2, 0.25) is 10.0 Å². The molecule has 0 atom stereocenters. The highest BCUT2D eigenvalue weighted by Gasteiger charge is 2.18. The maximum Gasteiger partial charge on any atom is 0.254 e. The molecular weight excluding hydrogens is 462 g/mol. The SMILES string of the molecule is O=C(c1ccc(Oc2ccc(F)cc2)cc1)N(Cc1cccnc1)Cc1cc(Cl)cc(Cl)c1. The van der Waals surface area contributed by atoms with Crippen LogP contribution in [0.5, 0.6) is 11.5 Å². The second kappa shape index (κ2) is 10.5. The number of ether oxygens (including phenoxy) is 1. The first kappa shape index (κ1) is 22.8. The summed E-state index contributed by atoms with van der Waals surface area (Å²) in [6.45, 7) is 0.687. The second-order valence-electron chi connectivity index (χ2n) is 7.38. The van der Waals surface area contributed by atoms with Gasteiger partial charge in [-0.3, -0.25) is 9.78 Å². The monoisotopic (exact) mass is 480 g/mol. The lowest BCUT2D eigenvalue weighted by Gasteiger charge is -2.23. The van der Waals surface area contributed by atoms with Gasteiger partial charge in [0.2, 0.25) is 0 Å². The minimum absolute atomic E-state index is 0.164. The number of hydrogen-bond donors (Lipinski definition) is 0. The van der Waals surface area contributed by atoms with Crippen LogP contribution >= 0.6 is 23.2 Å². The van der Waals surface area contributed by atoms with Crippen LogP contribution in [0.3, 0.4) is 0 Å². The normalized spacial score (nSPS) is 10.6. The van der Waals surface area contributed by atoms with Gasteiger partial charge in [0.25, 0.3) is 5.91 Å². The summed E-state index contributed by atoms with van der Waals surface area (Å²) < 4.78 is 18.8. The molecule has 0 aliphatic rings. The van der Waals surface area contributed by atoms with Gasteiger partial charge in [-0.15, -0.1) is 0 Å². The van der Waals surface area contributed by atoms with Crippen molar-refractivity contribution >= 4 is 29.1 Å². The predicted octanol–water partition coefficient (Wildman–Crippen LogP) is 7.16. The lowest BCUT2D eigenvalue weighted by molar-refractivity contribution is 0.0730. The Morgan fingerprint density at radius 3 is 2.06 bits per heavy atom. The van der Waals surface area contributed by atoms with E-state index in [4.69, 9.17) is 27.9 Å². The Bertz CT molecular complexity index is 1210. The zero-order valence-corrected chi connectivity index (χ0v) is 18.9. The highest BCUT2D eigenvalue weighted by molar-refractivity contribution is 6.34. The molecule has 4 nitrogen and oxygen atoms in total. The Balaban J connectivity index is 1.55. The number of carbonyl (C=O) groups is 1. The maximum absolute atomic E-state index is 13.4.